The van der Waals surface area contributed by atoms with Gasteiger partial charge in [-0.05, 0) is 19.1 Å². The number of nitrogens with one attached hydrogen (secondary N) is 2. The Balaban J connectivity index is 0.00000392. The third-order valence-corrected chi connectivity index (χ3v) is 3.72. The van der Waals surface area contributed by atoms with E-state index in [2.05, 4.69) is 15.3 Å². The molecule has 2 amide bonds. The van der Waals surface area contributed by atoms with Gasteiger partial charge in [0.25, 0.3) is 0 Å². The first kappa shape index (κ1) is 23.8. The summed E-state index contributed by atoms with van der Waals surface area (Å²) in [5.41, 5.74) is 0. The number of nitrogens with zero attached hydrogens (tertiary/aromatic N) is 2. The SMILES string of the molecule is CCOc1ccccc1OS(=O)(=O)NC(=O)Nc1nc(OC)cc(OC)n1.[Na+]. The summed E-state index contributed by atoms with van der Waals surface area (Å²) in [6, 6.07) is 6.37. The number of amides is 2. The molecule has 146 valence electrons. The van der Waals surface area contributed by atoms with Gasteiger partial charge in [-0.2, -0.15) is 18.4 Å². The van der Waals surface area contributed by atoms with Crippen molar-refractivity contribution in [2.24, 2.45) is 0 Å². The molecule has 1 aromatic heterocycles. The molecule has 11 nitrogen and oxygen atoms in total. The molecule has 2 aromatic rings. The van der Waals surface area contributed by atoms with Crippen LogP contribution in [0.25, 0.3) is 0 Å². The fourth-order valence-electron chi connectivity index (χ4n) is 1.84. The summed E-state index contributed by atoms with van der Waals surface area (Å²) in [6.07, 6.45) is 0. The predicted molar refractivity (Wildman–Crippen MR) is 94.4 cm³/mol. The third-order valence-electron chi connectivity index (χ3n) is 2.89. The summed E-state index contributed by atoms with van der Waals surface area (Å²) in [7, 11) is -1.76. The van der Waals surface area contributed by atoms with Gasteiger partial charge >= 0.3 is 45.9 Å². The number of anilines is 1. The molecule has 0 radical (unpaired) electrons. The van der Waals surface area contributed by atoms with Gasteiger partial charge in [0, 0.05) is 0 Å². The maximum absolute atomic E-state index is 12.1. The van der Waals surface area contributed by atoms with E-state index in [0.29, 0.717) is 6.61 Å². The Kier molecular flexibility index (Phi) is 9.25. The Bertz CT molecular complexity index is 889. The molecule has 2 N–H and O–H groups in total. The van der Waals surface area contributed by atoms with Crippen molar-refractivity contribution in [3.05, 3.63) is 30.3 Å². The molecule has 0 spiro atoms. The van der Waals surface area contributed by atoms with Crippen LogP contribution >= 0.6 is 0 Å². The molecular weight excluding hydrogens is 403 g/mol. The molecule has 0 aliphatic heterocycles. The van der Waals surface area contributed by atoms with E-state index < -0.39 is 16.3 Å². The van der Waals surface area contributed by atoms with E-state index in [1.54, 1.807) is 23.8 Å². The van der Waals surface area contributed by atoms with E-state index in [1.807, 2.05) is 0 Å². The normalized spacial score (nSPS) is 10.2. The molecule has 1 heterocycles. The van der Waals surface area contributed by atoms with E-state index in [0.717, 1.165) is 0 Å². The minimum Gasteiger partial charge on any atom is -0.490 e. The van der Waals surface area contributed by atoms with Crippen LogP contribution in [0.3, 0.4) is 0 Å². The second kappa shape index (κ2) is 10.9. The molecule has 0 bridgehead atoms. The summed E-state index contributed by atoms with van der Waals surface area (Å²) in [6.45, 7) is 2.04. The standard InChI is InChI=1S/C15H18N4O7S.Na/c1-4-25-10-7-5-6-8-11(10)26-27(21,22)19-15(20)18-14-16-12(23-2)9-13(17-14)24-3;/h5-9H,4H2,1-3H3,(H2,16,17,18,19,20);/q;+1. The molecule has 2 rings (SSSR count). The number of hydrogen-bond donors (Lipinski definition) is 2. The van der Waals surface area contributed by atoms with E-state index in [4.69, 9.17) is 18.4 Å². The number of ether oxygens (including phenoxy) is 3. The average molecular weight is 421 g/mol. The summed E-state index contributed by atoms with van der Waals surface area (Å²) in [5, 5.41) is 2.15. The van der Waals surface area contributed by atoms with Gasteiger partial charge in [-0.15, -0.1) is 0 Å². The van der Waals surface area contributed by atoms with Crippen molar-refractivity contribution < 1.29 is 61.2 Å². The van der Waals surface area contributed by atoms with Crippen LogP contribution in [0.15, 0.2) is 30.3 Å². The van der Waals surface area contributed by atoms with Crippen molar-refractivity contribution in [2.75, 3.05) is 26.1 Å². The summed E-state index contributed by atoms with van der Waals surface area (Å²) in [4.78, 5) is 19.7. The average Bonchev–Trinajstić information content (AvgIpc) is 2.62. The quantitative estimate of drug-likeness (QED) is 0.480. The molecule has 0 saturated heterocycles. The van der Waals surface area contributed by atoms with Crippen LogP contribution in [0, 0.1) is 0 Å². The number of urea groups is 1. The Morgan fingerprint density at radius 3 is 2.18 bits per heavy atom. The van der Waals surface area contributed by atoms with Crippen LogP contribution in [-0.4, -0.2) is 45.2 Å². The van der Waals surface area contributed by atoms with Crippen LogP contribution < -0.4 is 58.0 Å². The Morgan fingerprint density at radius 2 is 1.64 bits per heavy atom. The van der Waals surface area contributed by atoms with Crippen LogP contribution in [0.4, 0.5) is 10.7 Å². The zero-order valence-corrected chi connectivity index (χ0v) is 18.6. The number of carbonyl (C=O) groups excluding carboxylic acids is 1. The van der Waals surface area contributed by atoms with E-state index in [9.17, 15) is 13.2 Å². The second-order valence-corrected chi connectivity index (χ2v) is 6.03. The Morgan fingerprint density at radius 1 is 1.07 bits per heavy atom. The Labute approximate surface area is 184 Å². The number of hydrogen-bond acceptors (Lipinski definition) is 9. The van der Waals surface area contributed by atoms with E-state index >= 15 is 0 Å². The van der Waals surface area contributed by atoms with Gasteiger partial charge in [0.1, 0.15) is 0 Å². The number of para-hydroxylation sites is 2. The number of aromatic nitrogens is 2. The molecule has 0 saturated carbocycles. The minimum atomic E-state index is -4.49. The van der Waals surface area contributed by atoms with Gasteiger partial charge < -0.3 is 18.4 Å². The van der Waals surface area contributed by atoms with Crippen LogP contribution in [0.1, 0.15) is 6.92 Å². The maximum atomic E-state index is 12.1. The van der Waals surface area contributed by atoms with Crippen LogP contribution in [0.5, 0.6) is 23.3 Å². The molecule has 0 atom stereocenters. The molecule has 13 heteroatoms. The van der Waals surface area contributed by atoms with Crippen molar-refractivity contribution in [1.82, 2.24) is 14.7 Å². The topological polar surface area (TPSA) is 138 Å². The summed E-state index contributed by atoms with van der Waals surface area (Å²) < 4.78 is 45.8. The van der Waals surface area contributed by atoms with Gasteiger partial charge in [-0.25, -0.2) is 9.52 Å². The van der Waals surface area contributed by atoms with Gasteiger partial charge in [-0.1, -0.05) is 12.1 Å². The van der Waals surface area contributed by atoms with Crippen molar-refractivity contribution in [3.63, 3.8) is 0 Å². The van der Waals surface area contributed by atoms with Crippen LogP contribution in [0.2, 0.25) is 0 Å². The second-order valence-electron chi connectivity index (χ2n) is 4.75. The monoisotopic (exact) mass is 421 g/mol. The maximum Gasteiger partial charge on any atom is 1.00 e. The molecular formula is C15H18N4NaO7S+. The largest absolute Gasteiger partial charge is 1.00 e. The number of carbonyl (C=O) groups is 1. The van der Waals surface area contributed by atoms with Crippen molar-refractivity contribution >= 4 is 22.3 Å². The van der Waals surface area contributed by atoms with Crippen molar-refractivity contribution in [3.8, 4) is 23.3 Å². The number of rotatable bonds is 8. The Hall–Kier alpha value is -2.28. The molecule has 0 aliphatic carbocycles. The fourth-order valence-corrected chi connectivity index (χ4v) is 2.54. The van der Waals surface area contributed by atoms with Gasteiger partial charge in [0.2, 0.25) is 17.7 Å². The third kappa shape index (κ3) is 7.03. The summed E-state index contributed by atoms with van der Waals surface area (Å²) in [5.74, 6) is 0.142. The van der Waals surface area contributed by atoms with Gasteiger partial charge in [-0.3, -0.25) is 5.32 Å². The molecule has 1 aromatic carbocycles. The number of methoxy groups -OCH3 is 2. The van der Waals surface area contributed by atoms with Crippen molar-refractivity contribution in [2.45, 2.75) is 6.92 Å². The molecule has 0 aliphatic rings. The zero-order chi connectivity index (χ0) is 19.9. The van der Waals surface area contributed by atoms with Crippen molar-refractivity contribution in [1.29, 1.82) is 0 Å². The molecule has 0 unspecified atom stereocenters. The van der Waals surface area contributed by atoms with E-state index in [1.165, 1.54) is 32.4 Å². The molecule has 28 heavy (non-hydrogen) atoms. The number of benzene rings is 1. The van der Waals surface area contributed by atoms with Crippen LogP contribution in [-0.2, 0) is 10.3 Å². The van der Waals surface area contributed by atoms with Gasteiger partial charge in [0.05, 0.1) is 26.9 Å². The smallest absolute Gasteiger partial charge is 0.490 e. The first-order valence-electron chi connectivity index (χ1n) is 7.59. The first-order valence-corrected chi connectivity index (χ1v) is 8.99. The zero-order valence-electron chi connectivity index (χ0n) is 15.8. The minimum absolute atomic E-state index is 0. The summed E-state index contributed by atoms with van der Waals surface area (Å²) >= 11 is 0. The first-order chi connectivity index (χ1) is 12.9. The fraction of sp³-hybridized carbons (Fsp3) is 0.267. The van der Waals surface area contributed by atoms with E-state index in [-0.39, 0.29) is 58.8 Å². The predicted octanol–water partition coefficient (Wildman–Crippen LogP) is -1.66. The molecule has 0 fully saturated rings. The van der Waals surface area contributed by atoms with Gasteiger partial charge in [0.15, 0.2) is 11.5 Å².